The van der Waals surface area contributed by atoms with Crippen LogP contribution in [0.3, 0.4) is 0 Å². The molecule has 3 aromatic rings. The Morgan fingerprint density at radius 2 is 1.85 bits per heavy atom. The lowest BCUT2D eigenvalue weighted by molar-refractivity contribution is 0.404. The number of ether oxygens (including phenoxy) is 2. The fraction of sp³-hybridized carbons (Fsp3) is 0.300. The van der Waals surface area contributed by atoms with Crippen LogP contribution in [0.2, 0.25) is 10.0 Å². The second kappa shape index (κ2) is 8.21. The van der Waals surface area contributed by atoms with Crippen LogP contribution in [0.15, 0.2) is 30.3 Å². The maximum absolute atomic E-state index is 6.44. The van der Waals surface area contributed by atoms with E-state index in [0.717, 1.165) is 58.5 Å². The highest BCUT2D eigenvalue weighted by atomic mass is 35.5. The van der Waals surface area contributed by atoms with Gasteiger partial charge in [-0.05, 0) is 61.7 Å². The number of benzene rings is 2. The highest BCUT2D eigenvalue weighted by Gasteiger charge is 2.19. The van der Waals surface area contributed by atoms with Crippen LogP contribution < -0.4 is 15.2 Å². The summed E-state index contributed by atoms with van der Waals surface area (Å²) in [5.41, 5.74) is 9.60. The number of nitrogens with one attached hydrogen (secondary N) is 1. The number of aromatic amines is 1. The van der Waals surface area contributed by atoms with Crippen LogP contribution in [0.25, 0.3) is 22.2 Å². The lowest BCUT2D eigenvalue weighted by Crippen LogP contribution is -1.99. The molecule has 6 heteroatoms. The van der Waals surface area contributed by atoms with Gasteiger partial charge in [-0.25, -0.2) is 0 Å². The van der Waals surface area contributed by atoms with Gasteiger partial charge in [0, 0.05) is 16.0 Å². The molecule has 0 aliphatic rings. The lowest BCUT2D eigenvalue weighted by Gasteiger charge is -2.12. The van der Waals surface area contributed by atoms with E-state index < -0.39 is 0 Å². The smallest absolute Gasteiger partial charge is 0.128 e. The lowest BCUT2D eigenvalue weighted by atomic mass is 9.99. The number of halogens is 2. The van der Waals surface area contributed by atoms with Crippen molar-refractivity contribution in [3.63, 3.8) is 0 Å². The quantitative estimate of drug-likeness (QED) is 0.526. The van der Waals surface area contributed by atoms with Crippen LogP contribution in [0.1, 0.15) is 18.4 Å². The van der Waals surface area contributed by atoms with E-state index in [1.54, 1.807) is 20.3 Å². The topological polar surface area (TPSA) is 60.3 Å². The van der Waals surface area contributed by atoms with Gasteiger partial charge >= 0.3 is 0 Å². The van der Waals surface area contributed by atoms with Crippen molar-refractivity contribution < 1.29 is 9.47 Å². The third-order valence-electron chi connectivity index (χ3n) is 4.49. The average molecular weight is 393 g/mol. The Morgan fingerprint density at radius 3 is 2.54 bits per heavy atom. The molecule has 1 aromatic heterocycles. The summed E-state index contributed by atoms with van der Waals surface area (Å²) in [6.45, 7) is 0.668. The van der Waals surface area contributed by atoms with Gasteiger partial charge in [-0.2, -0.15) is 0 Å². The molecule has 0 unspecified atom stereocenters. The van der Waals surface area contributed by atoms with Crippen LogP contribution in [-0.4, -0.2) is 25.7 Å². The summed E-state index contributed by atoms with van der Waals surface area (Å²) >= 11 is 12.7. The number of methoxy groups -OCH3 is 2. The molecule has 138 valence electrons. The van der Waals surface area contributed by atoms with E-state index in [9.17, 15) is 0 Å². The normalized spacial score (nSPS) is 11.1. The Balaban J connectivity index is 2.24. The zero-order valence-corrected chi connectivity index (χ0v) is 16.4. The number of hydrogen-bond acceptors (Lipinski definition) is 3. The van der Waals surface area contributed by atoms with Crippen molar-refractivity contribution in [1.29, 1.82) is 0 Å². The van der Waals surface area contributed by atoms with Gasteiger partial charge in [-0.1, -0.05) is 23.2 Å². The third kappa shape index (κ3) is 3.63. The van der Waals surface area contributed by atoms with Crippen molar-refractivity contribution in [3.8, 4) is 22.8 Å². The summed E-state index contributed by atoms with van der Waals surface area (Å²) < 4.78 is 11.0. The summed E-state index contributed by atoms with van der Waals surface area (Å²) in [6, 6.07) is 9.44. The molecule has 0 bridgehead atoms. The molecule has 0 radical (unpaired) electrons. The molecule has 3 rings (SSSR count). The SMILES string of the molecule is COc1ccc(OC)c(-c2[nH]c3c(Cl)cc(Cl)cc3c2CCCCN)c1. The van der Waals surface area contributed by atoms with E-state index in [1.165, 1.54) is 0 Å². The zero-order valence-electron chi connectivity index (χ0n) is 14.9. The van der Waals surface area contributed by atoms with Crippen molar-refractivity contribution in [2.45, 2.75) is 19.3 Å². The van der Waals surface area contributed by atoms with E-state index in [0.29, 0.717) is 16.6 Å². The van der Waals surface area contributed by atoms with Crippen molar-refractivity contribution in [1.82, 2.24) is 4.98 Å². The third-order valence-corrected chi connectivity index (χ3v) is 5.01. The fourth-order valence-electron chi connectivity index (χ4n) is 3.22. The molecule has 26 heavy (non-hydrogen) atoms. The van der Waals surface area contributed by atoms with Crippen molar-refractivity contribution in [2.24, 2.45) is 5.73 Å². The molecular formula is C20H22Cl2N2O2. The van der Waals surface area contributed by atoms with Gasteiger partial charge in [0.25, 0.3) is 0 Å². The zero-order chi connectivity index (χ0) is 18.7. The van der Waals surface area contributed by atoms with Crippen LogP contribution in [0.4, 0.5) is 0 Å². The predicted octanol–water partition coefficient (Wildman–Crippen LogP) is 5.44. The number of rotatable bonds is 7. The van der Waals surface area contributed by atoms with E-state index in [4.69, 9.17) is 38.4 Å². The Hall–Kier alpha value is -1.88. The molecule has 0 aliphatic heterocycles. The maximum Gasteiger partial charge on any atom is 0.128 e. The number of aryl methyl sites for hydroxylation is 1. The summed E-state index contributed by atoms with van der Waals surface area (Å²) in [7, 11) is 3.31. The molecule has 0 fully saturated rings. The Morgan fingerprint density at radius 1 is 1.04 bits per heavy atom. The molecule has 0 spiro atoms. The van der Waals surface area contributed by atoms with Gasteiger partial charge in [0.15, 0.2) is 0 Å². The van der Waals surface area contributed by atoms with E-state index in [1.807, 2.05) is 24.3 Å². The average Bonchev–Trinajstić information content (AvgIpc) is 3.00. The summed E-state index contributed by atoms with van der Waals surface area (Å²) in [6.07, 6.45) is 2.80. The molecule has 4 nitrogen and oxygen atoms in total. The number of aromatic nitrogens is 1. The predicted molar refractivity (Wildman–Crippen MR) is 109 cm³/mol. The molecule has 0 amide bonds. The standard InChI is InChI=1S/C20H22Cl2N2O2/c1-25-13-6-7-18(26-2)16(11-13)19-14(5-3-4-8-23)15-9-12(21)10-17(22)20(15)24-19/h6-7,9-11,24H,3-5,8,23H2,1-2H3. The highest BCUT2D eigenvalue weighted by molar-refractivity contribution is 6.38. The Labute approximate surface area is 163 Å². The number of hydrogen-bond donors (Lipinski definition) is 2. The fourth-order valence-corrected chi connectivity index (χ4v) is 3.76. The Bertz CT molecular complexity index is 922. The molecule has 0 atom stereocenters. The largest absolute Gasteiger partial charge is 0.497 e. The summed E-state index contributed by atoms with van der Waals surface area (Å²) in [5.74, 6) is 1.52. The second-order valence-corrected chi connectivity index (χ2v) is 6.94. The first kappa shape index (κ1) is 18.9. The highest BCUT2D eigenvalue weighted by Crippen LogP contribution is 2.41. The second-order valence-electron chi connectivity index (χ2n) is 6.10. The van der Waals surface area contributed by atoms with Gasteiger partial charge in [0.2, 0.25) is 0 Å². The van der Waals surface area contributed by atoms with Gasteiger partial charge in [-0.15, -0.1) is 0 Å². The number of nitrogens with two attached hydrogens (primary N) is 1. The van der Waals surface area contributed by atoms with Gasteiger partial charge in [0.05, 0.1) is 30.5 Å². The first-order valence-corrected chi connectivity index (χ1v) is 9.26. The van der Waals surface area contributed by atoms with Gasteiger partial charge in [-0.3, -0.25) is 0 Å². The number of H-pyrrole nitrogens is 1. The van der Waals surface area contributed by atoms with Crippen molar-refractivity contribution in [3.05, 3.63) is 45.9 Å². The van der Waals surface area contributed by atoms with Gasteiger partial charge < -0.3 is 20.2 Å². The molecule has 1 heterocycles. The first-order chi connectivity index (χ1) is 12.6. The molecule has 0 aliphatic carbocycles. The number of fused-ring (bicyclic) bond motifs is 1. The molecular weight excluding hydrogens is 371 g/mol. The van der Waals surface area contributed by atoms with Gasteiger partial charge in [0.1, 0.15) is 11.5 Å². The summed E-state index contributed by atoms with van der Waals surface area (Å²) in [5, 5.41) is 2.24. The van der Waals surface area contributed by atoms with Crippen LogP contribution >= 0.6 is 23.2 Å². The monoisotopic (exact) mass is 392 g/mol. The summed E-state index contributed by atoms with van der Waals surface area (Å²) in [4.78, 5) is 3.47. The van der Waals surface area contributed by atoms with Crippen molar-refractivity contribution >= 4 is 34.1 Å². The molecule has 0 saturated heterocycles. The first-order valence-electron chi connectivity index (χ1n) is 8.51. The van der Waals surface area contributed by atoms with Crippen LogP contribution in [0.5, 0.6) is 11.5 Å². The van der Waals surface area contributed by atoms with E-state index in [-0.39, 0.29) is 0 Å². The minimum atomic E-state index is 0.598. The number of unbranched alkanes of at least 4 members (excludes halogenated alkanes) is 1. The molecule has 0 saturated carbocycles. The molecule has 2 aromatic carbocycles. The minimum absolute atomic E-state index is 0.598. The van der Waals surface area contributed by atoms with E-state index in [2.05, 4.69) is 4.98 Å². The van der Waals surface area contributed by atoms with Crippen LogP contribution in [-0.2, 0) is 6.42 Å². The van der Waals surface area contributed by atoms with Crippen molar-refractivity contribution in [2.75, 3.05) is 20.8 Å². The van der Waals surface area contributed by atoms with Crippen LogP contribution in [0, 0.1) is 0 Å². The maximum atomic E-state index is 6.44. The Kier molecular flexibility index (Phi) is 5.97. The van der Waals surface area contributed by atoms with E-state index >= 15 is 0 Å². The minimum Gasteiger partial charge on any atom is -0.497 e. The molecule has 3 N–H and O–H groups in total.